The number of ketones is 1. The second-order valence-electron chi connectivity index (χ2n) is 5.19. The number of methoxy groups -OCH3 is 2. The molecule has 0 bridgehead atoms. The molecule has 0 radical (unpaired) electrons. The summed E-state index contributed by atoms with van der Waals surface area (Å²) in [6.45, 7) is 0. The van der Waals surface area contributed by atoms with Crippen LogP contribution in [0.2, 0.25) is 5.02 Å². The van der Waals surface area contributed by atoms with Gasteiger partial charge >= 0.3 is 5.97 Å². The summed E-state index contributed by atoms with van der Waals surface area (Å²) in [7, 11) is 2.73. The van der Waals surface area contributed by atoms with Crippen molar-refractivity contribution in [3.8, 4) is 11.5 Å². The van der Waals surface area contributed by atoms with Crippen LogP contribution in [0.3, 0.4) is 0 Å². The average Bonchev–Trinajstić information content (AvgIpc) is 3.01. The minimum absolute atomic E-state index is 0.128. The molecule has 6 heteroatoms. The van der Waals surface area contributed by atoms with Crippen LogP contribution >= 0.6 is 11.6 Å². The molecule has 0 atom stereocenters. The monoisotopic (exact) mass is 326 g/mol. The van der Waals surface area contributed by atoms with Crippen molar-refractivity contribution >= 4 is 23.4 Å². The zero-order valence-corrected chi connectivity index (χ0v) is 13.4. The Hall–Kier alpha value is -1.75. The molecule has 0 N–H and O–H groups in total. The van der Waals surface area contributed by atoms with Gasteiger partial charge in [0.05, 0.1) is 25.3 Å². The van der Waals surface area contributed by atoms with E-state index in [1.54, 1.807) is 6.07 Å². The highest BCUT2D eigenvalue weighted by molar-refractivity contribution is 6.32. The Kier molecular flexibility index (Phi) is 5.66. The molecule has 120 valence electrons. The molecule has 0 aromatic heterocycles. The number of ether oxygens (including phenoxy) is 3. The van der Waals surface area contributed by atoms with Crippen molar-refractivity contribution in [1.29, 1.82) is 0 Å². The van der Waals surface area contributed by atoms with E-state index in [9.17, 15) is 9.59 Å². The lowest BCUT2D eigenvalue weighted by molar-refractivity contribution is -0.139. The summed E-state index contributed by atoms with van der Waals surface area (Å²) in [4.78, 5) is 23.2. The second-order valence-corrected chi connectivity index (χ2v) is 5.60. The highest BCUT2D eigenvalue weighted by Crippen LogP contribution is 2.39. The molecule has 0 amide bonds. The SMILES string of the molecule is COC(=O)CC(=O)c1cc(Cl)c(OC2CCCC2)c(OC)c1. The summed E-state index contributed by atoms with van der Waals surface area (Å²) in [6.07, 6.45) is 4.05. The number of benzene rings is 1. The van der Waals surface area contributed by atoms with Crippen LogP contribution < -0.4 is 9.47 Å². The molecule has 0 spiro atoms. The number of halogens is 1. The first-order valence-corrected chi connectivity index (χ1v) is 7.57. The van der Waals surface area contributed by atoms with Crippen molar-refractivity contribution < 1.29 is 23.8 Å². The number of esters is 1. The fourth-order valence-electron chi connectivity index (χ4n) is 2.47. The average molecular weight is 327 g/mol. The molecule has 1 saturated carbocycles. The third-order valence-electron chi connectivity index (χ3n) is 3.67. The standard InChI is InChI=1S/C16H19ClO5/c1-20-14-8-10(13(18)9-15(19)21-2)7-12(17)16(14)22-11-5-3-4-6-11/h7-8,11H,3-6,9H2,1-2H3. The van der Waals surface area contributed by atoms with Gasteiger partial charge in [-0.3, -0.25) is 9.59 Å². The summed E-state index contributed by atoms with van der Waals surface area (Å²) in [6, 6.07) is 3.04. The Morgan fingerprint density at radius 2 is 1.91 bits per heavy atom. The van der Waals surface area contributed by atoms with Crippen LogP contribution in [0.4, 0.5) is 0 Å². The Balaban J connectivity index is 2.22. The smallest absolute Gasteiger partial charge is 0.313 e. The van der Waals surface area contributed by atoms with Gasteiger partial charge in [0.15, 0.2) is 17.3 Å². The van der Waals surface area contributed by atoms with Crippen LogP contribution in [0.25, 0.3) is 0 Å². The molecule has 1 fully saturated rings. The molecule has 1 aromatic carbocycles. The third-order valence-corrected chi connectivity index (χ3v) is 3.95. The van der Waals surface area contributed by atoms with Crippen molar-refractivity contribution in [2.75, 3.05) is 14.2 Å². The van der Waals surface area contributed by atoms with Gasteiger partial charge in [0.25, 0.3) is 0 Å². The zero-order chi connectivity index (χ0) is 16.1. The molecule has 0 saturated heterocycles. The number of hydrogen-bond donors (Lipinski definition) is 0. The van der Waals surface area contributed by atoms with Crippen molar-refractivity contribution in [3.63, 3.8) is 0 Å². The Labute approximate surface area is 134 Å². The number of rotatable bonds is 6. The van der Waals surface area contributed by atoms with Crippen molar-refractivity contribution in [3.05, 3.63) is 22.7 Å². The van der Waals surface area contributed by atoms with E-state index in [0.29, 0.717) is 22.1 Å². The minimum atomic E-state index is -0.591. The molecule has 5 nitrogen and oxygen atoms in total. The predicted octanol–water partition coefficient (Wildman–Crippen LogP) is 3.42. The summed E-state index contributed by atoms with van der Waals surface area (Å²) in [5, 5.41) is 0.305. The number of carbonyl (C=O) groups is 2. The maximum absolute atomic E-state index is 12.0. The van der Waals surface area contributed by atoms with E-state index in [2.05, 4.69) is 4.74 Å². The molecule has 2 rings (SSSR count). The Bertz CT molecular complexity index is 564. The van der Waals surface area contributed by atoms with E-state index < -0.39 is 5.97 Å². The second kappa shape index (κ2) is 7.49. The topological polar surface area (TPSA) is 61.8 Å². The van der Waals surface area contributed by atoms with Crippen LogP contribution in [0.15, 0.2) is 12.1 Å². The Morgan fingerprint density at radius 1 is 1.23 bits per heavy atom. The van der Waals surface area contributed by atoms with Gasteiger partial charge in [0.2, 0.25) is 0 Å². The third kappa shape index (κ3) is 3.91. The van der Waals surface area contributed by atoms with E-state index in [1.165, 1.54) is 20.3 Å². The van der Waals surface area contributed by atoms with Gasteiger partial charge in [-0.25, -0.2) is 0 Å². The van der Waals surface area contributed by atoms with E-state index in [1.807, 2.05) is 0 Å². The maximum Gasteiger partial charge on any atom is 0.313 e. The zero-order valence-electron chi connectivity index (χ0n) is 12.7. The van der Waals surface area contributed by atoms with Gasteiger partial charge in [0.1, 0.15) is 6.42 Å². The molecule has 1 aliphatic rings. The highest BCUT2D eigenvalue weighted by atomic mass is 35.5. The van der Waals surface area contributed by atoms with Crippen LogP contribution in [-0.4, -0.2) is 32.1 Å². The van der Waals surface area contributed by atoms with Gasteiger partial charge in [-0.05, 0) is 37.8 Å². The first-order valence-electron chi connectivity index (χ1n) is 7.19. The maximum atomic E-state index is 12.0. The van der Waals surface area contributed by atoms with E-state index in [0.717, 1.165) is 25.7 Å². The lowest BCUT2D eigenvalue weighted by Gasteiger charge is -2.18. The summed E-state index contributed by atoms with van der Waals surface area (Å²) < 4.78 is 15.7. The fourth-order valence-corrected chi connectivity index (χ4v) is 2.73. The van der Waals surface area contributed by atoms with Crippen molar-refractivity contribution in [2.45, 2.75) is 38.2 Å². The van der Waals surface area contributed by atoms with Crippen molar-refractivity contribution in [2.24, 2.45) is 0 Å². The number of Topliss-reactive ketones (excluding diaryl/α,β-unsaturated/α-hetero) is 1. The number of hydrogen-bond acceptors (Lipinski definition) is 5. The molecule has 22 heavy (non-hydrogen) atoms. The fraction of sp³-hybridized carbons (Fsp3) is 0.500. The molecule has 0 aliphatic heterocycles. The predicted molar refractivity (Wildman–Crippen MR) is 81.9 cm³/mol. The van der Waals surface area contributed by atoms with Crippen LogP contribution in [-0.2, 0) is 9.53 Å². The van der Waals surface area contributed by atoms with Gasteiger partial charge in [-0.15, -0.1) is 0 Å². The lowest BCUT2D eigenvalue weighted by Crippen LogP contribution is -2.13. The van der Waals surface area contributed by atoms with Gasteiger partial charge in [-0.2, -0.15) is 0 Å². The number of carbonyl (C=O) groups excluding carboxylic acids is 2. The lowest BCUT2D eigenvalue weighted by atomic mass is 10.1. The summed E-state index contributed by atoms with van der Waals surface area (Å²) >= 11 is 6.23. The molecular weight excluding hydrogens is 308 g/mol. The van der Waals surface area contributed by atoms with E-state index in [-0.39, 0.29) is 18.3 Å². The molecule has 1 aromatic rings. The summed E-state index contributed by atoms with van der Waals surface area (Å²) in [5.74, 6) is -0.121. The van der Waals surface area contributed by atoms with E-state index in [4.69, 9.17) is 21.1 Å². The van der Waals surface area contributed by atoms with Gasteiger partial charge in [-0.1, -0.05) is 11.6 Å². The van der Waals surface area contributed by atoms with Gasteiger partial charge < -0.3 is 14.2 Å². The molecule has 0 heterocycles. The molecular formula is C16H19ClO5. The van der Waals surface area contributed by atoms with Crippen LogP contribution in [0.5, 0.6) is 11.5 Å². The first kappa shape index (κ1) is 16.6. The van der Waals surface area contributed by atoms with E-state index >= 15 is 0 Å². The largest absolute Gasteiger partial charge is 0.493 e. The molecule has 1 aliphatic carbocycles. The normalized spacial score (nSPS) is 14.7. The first-order chi connectivity index (χ1) is 10.5. The highest BCUT2D eigenvalue weighted by Gasteiger charge is 2.22. The van der Waals surface area contributed by atoms with Crippen LogP contribution in [0.1, 0.15) is 42.5 Å². The minimum Gasteiger partial charge on any atom is -0.493 e. The quantitative estimate of drug-likeness (QED) is 0.455. The summed E-state index contributed by atoms with van der Waals surface area (Å²) in [5.41, 5.74) is 0.297. The Morgan fingerprint density at radius 3 is 2.50 bits per heavy atom. The molecule has 0 unspecified atom stereocenters. The van der Waals surface area contributed by atoms with Gasteiger partial charge in [0, 0.05) is 5.56 Å². The van der Waals surface area contributed by atoms with Crippen molar-refractivity contribution in [1.82, 2.24) is 0 Å². The van der Waals surface area contributed by atoms with Crippen LogP contribution in [0, 0.1) is 0 Å².